The fourth-order valence-electron chi connectivity index (χ4n) is 1.26. The summed E-state index contributed by atoms with van der Waals surface area (Å²) in [7, 11) is 0. The minimum Gasteiger partial charge on any atom is -0.456 e. The summed E-state index contributed by atoms with van der Waals surface area (Å²) >= 11 is 6.80. The number of pyridine rings is 1. The molecule has 2 rings (SSSR count). The van der Waals surface area contributed by atoms with Crippen molar-refractivity contribution in [3.05, 3.63) is 51.2 Å². The fourth-order valence-corrected chi connectivity index (χ4v) is 1.86. The van der Waals surface area contributed by atoms with Crippen LogP contribution in [0.5, 0.6) is 11.5 Å². The first-order valence-corrected chi connectivity index (χ1v) is 6.28. The summed E-state index contributed by atoms with van der Waals surface area (Å²) in [6.07, 6.45) is 3.40. The topological polar surface area (TPSA) is 22.1 Å². The molecule has 0 N–H and O–H groups in total. The number of rotatable bonds is 2. The smallest absolute Gasteiger partial charge is 0.146 e. The highest BCUT2D eigenvalue weighted by molar-refractivity contribution is 9.10. The lowest BCUT2D eigenvalue weighted by molar-refractivity contribution is 0.479. The van der Waals surface area contributed by atoms with Crippen LogP contribution in [0.2, 0.25) is 0 Å². The molecule has 1 aromatic carbocycles. The minimum absolute atomic E-state index is 0.719. The zero-order valence-corrected chi connectivity index (χ0v) is 11.7. The second-order valence-corrected chi connectivity index (χ2v) is 5.12. The van der Waals surface area contributed by atoms with E-state index in [2.05, 4.69) is 36.8 Å². The van der Waals surface area contributed by atoms with Crippen molar-refractivity contribution in [2.45, 2.75) is 6.92 Å². The standard InChI is InChI=1S/C12H9Br2NO/c1-8-4-10(2-3-12(8)14)16-11-5-9(13)6-15-7-11/h2-7H,1H3. The van der Waals surface area contributed by atoms with Crippen molar-refractivity contribution < 1.29 is 4.74 Å². The maximum absolute atomic E-state index is 5.68. The zero-order chi connectivity index (χ0) is 11.5. The molecule has 0 spiro atoms. The van der Waals surface area contributed by atoms with E-state index in [9.17, 15) is 0 Å². The molecule has 2 aromatic rings. The first kappa shape index (κ1) is 11.6. The molecule has 16 heavy (non-hydrogen) atoms. The molecule has 0 saturated heterocycles. The van der Waals surface area contributed by atoms with Gasteiger partial charge in [0.25, 0.3) is 0 Å². The van der Waals surface area contributed by atoms with Gasteiger partial charge in [-0.3, -0.25) is 4.98 Å². The van der Waals surface area contributed by atoms with Crippen molar-refractivity contribution in [1.29, 1.82) is 0 Å². The van der Waals surface area contributed by atoms with Gasteiger partial charge in [-0.1, -0.05) is 15.9 Å². The molecule has 0 atom stereocenters. The number of ether oxygens (including phenoxy) is 1. The van der Waals surface area contributed by atoms with Crippen LogP contribution in [0.1, 0.15) is 5.56 Å². The lowest BCUT2D eigenvalue weighted by atomic mass is 10.2. The molecule has 0 bridgehead atoms. The Labute approximate surface area is 111 Å². The third kappa shape index (κ3) is 2.83. The van der Waals surface area contributed by atoms with Crippen LogP contribution in [0.15, 0.2) is 45.6 Å². The molecule has 1 aromatic heterocycles. The predicted molar refractivity (Wildman–Crippen MR) is 70.9 cm³/mol. The Kier molecular flexibility index (Phi) is 3.61. The van der Waals surface area contributed by atoms with Crippen molar-refractivity contribution in [1.82, 2.24) is 4.98 Å². The maximum Gasteiger partial charge on any atom is 0.146 e. The lowest BCUT2D eigenvalue weighted by Crippen LogP contribution is -1.86. The number of benzene rings is 1. The lowest BCUT2D eigenvalue weighted by Gasteiger charge is -2.07. The molecular formula is C12H9Br2NO. The Morgan fingerprint density at radius 3 is 2.56 bits per heavy atom. The van der Waals surface area contributed by atoms with Gasteiger partial charge in [0.2, 0.25) is 0 Å². The molecule has 0 aliphatic rings. The average molecular weight is 343 g/mol. The first-order chi connectivity index (χ1) is 7.65. The number of aromatic nitrogens is 1. The summed E-state index contributed by atoms with van der Waals surface area (Å²) in [5.41, 5.74) is 1.14. The van der Waals surface area contributed by atoms with Crippen LogP contribution >= 0.6 is 31.9 Å². The van der Waals surface area contributed by atoms with Crippen LogP contribution in [0.4, 0.5) is 0 Å². The van der Waals surface area contributed by atoms with Crippen molar-refractivity contribution in [2.75, 3.05) is 0 Å². The van der Waals surface area contributed by atoms with Crippen molar-refractivity contribution >= 4 is 31.9 Å². The first-order valence-electron chi connectivity index (χ1n) is 4.70. The molecular weight excluding hydrogens is 334 g/mol. The van der Waals surface area contributed by atoms with Gasteiger partial charge >= 0.3 is 0 Å². The number of hydrogen-bond donors (Lipinski definition) is 0. The molecule has 0 unspecified atom stereocenters. The molecule has 0 fully saturated rings. The van der Waals surface area contributed by atoms with E-state index < -0.39 is 0 Å². The molecule has 0 saturated carbocycles. The second kappa shape index (κ2) is 4.97. The van der Waals surface area contributed by atoms with Gasteiger partial charge in [0.1, 0.15) is 11.5 Å². The van der Waals surface area contributed by atoms with Gasteiger partial charge in [0, 0.05) is 15.1 Å². The quantitative estimate of drug-likeness (QED) is 0.788. The van der Waals surface area contributed by atoms with Gasteiger partial charge < -0.3 is 4.74 Å². The van der Waals surface area contributed by atoms with Crippen LogP contribution < -0.4 is 4.74 Å². The molecule has 82 valence electrons. The van der Waals surface area contributed by atoms with Crippen molar-refractivity contribution in [3.8, 4) is 11.5 Å². The monoisotopic (exact) mass is 341 g/mol. The zero-order valence-electron chi connectivity index (χ0n) is 8.58. The number of hydrogen-bond acceptors (Lipinski definition) is 2. The molecule has 1 heterocycles. The van der Waals surface area contributed by atoms with Gasteiger partial charge in [0.15, 0.2) is 0 Å². The van der Waals surface area contributed by atoms with Crippen LogP contribution in [0, 0.1) is 6.92 Å². The Balaban J connectivity index is 2.24. The van der Waals surface area contributed by atoms with E-state index in [4.69, 9.17) is 4.74 Å². The molecule has 4 heteroatoms. The molecule has 0 radical (unpaired) electrons. The third-order valence-corrected chi connectivity index (χ3v) is 3.37. The van der Waals surface area contributed by atoms with E-state index >= 15 is 0 Å². The van der Waals surface area contributed by atoms with Gasteiger partial charge in [0.05, 0.1) is 6.20 Å². The van der Waals surface area contributed by atoms with E-state index in [0.29, 0.717) is 0 Å². The predicted octanol–water partition coefficient (Wildman–Crippen LogP) is 4.71. The van der Waals surface area contributed by atoms with Gasteiger partial charge in [-0.25, -0.2) is 0 Å². The summed E-state index contributed by atoms with van der Waals surface area (Å²) < 4.78 is 7.66. The van der Waals surface area contributed by atoms with E-state index in [1.807, 2.05) is 31.2 Å². The maximum atomic E-state index is 5.68. The normalized spacial score (nSPS) is 10.2. The SMILES string of the molecule is Cc1cc(Oc2cncc(Br)c2)ccc1Br. The number of halogens is 2. The largest absolute Gasteiger partial charge is 0.456 e. The fraction of sp³-hybridized carbons (Fsp3) is 0.0833. The van der Waals surface area contributed by atoms with E-state index in [1.54, 1.807) is 12.4 Å². The Morgan fingerprint density at radius 1 is 1.06 bits per heavy atom. The molecule has 0 aliphatic heterocycles. The third-order valence-electron chi connectivity index (χ3n) is 2.04. The van der Waals surface area contributed by atoms with Gasteiger partial charge in [-0.15, -0.1) is 0 Å². The van der Waals surface area contributed by atoms with Crippen LogP contribution in [-0.2, 0) is 0 Å². The Bertz CT molecular complexity index is 514. The van der Waals surface area contributed by atoms with Crippen molar-refractivity contribution in [3.63, 3.8) is 0 Å². The highest BCUT2D eigenvalue weighted by atomic mass is 79.9. The highest BCUT2D eigenvalue weighted by Crippen LogP contribution is 2.26. The van der Waals surface area contributed by atoms with E-state index in [0.717, 1.165) is 26.0 Å². The average Bonchev–Trinajstić information content (AvgIpc) is 2.24. The van der Waals surface area contributed by atoms with Crippen LogP contribution in [-0.4, -0.2) is 4.98 Å². The summed E-state index contributed by atoms with van der Waals surface area (Å²) in [4.78, 5) is 4.04. The Hall–Kier alpha value is -0.870. The second-order valence-electron chi connectivity index (χ2n) is 3.35. The summed E-state index contributed by atoms with van der Waals surface area (Å²) in [5, 5.41) is 0. The summed E-state index contributed by atoms with van der Waals surface area (Å²) in [6, 6.07) is 7.74. The molecule has 2 nitrogen and oxygen atoms in total. The Morgan fingerprint density at radius 2 is 1.88 bits per heavy atom. The minimum atomic E-state index is 0.719. The number of nitrogens with zero attached hydrogens (tertiary/aromatic N) is 1. The summed E-state index contributed by atoms with van der Waals surface area (Å²) in [6.45, 7) is 2.02. The van der Waals surface area contributed by atoms with Crippen molar-refractivity contribution in [2.24, 2.45) is 0 Å². The summed E-state index contributed by atoms with van der Waals surface area (Å²) in [5.74, 6) is 1.52. The van der Waals surface area contributed by atoms with E-state index in [1.165, 1.54) is 0 Å². The molecule has 0 amide bonds. The van der Waals surface area contributed by atoms with Gasteiger partial charge in [-0.2, -0.15) is 0 Å². The molecule has 0 aliphatic carbocycles. The van der Waals surface area contributed by atoms with Gasteiger partial charge in [-0.05, 0) is 52.7 Å². The van der Waals surface area contributed by atoms with E-state index in [-0.39, 0.29) is 0 Å². The number of aryl methyl sites for hydroxylation is 1. The van der Waals surface area contributed by atoms with Crippen LogP contribution in [0.3, 0.4) is 0 Å². The highest BCUT2D eigenvalue weighted by Gasteiger charge is 2.01. The van der Waals surface area contributed by atoms with Crippen LogP contribution in [0.25, 0.3) is 0 Å².